The Kier molecular flexibility index (Phi) is 7.03. The molecule has 0 unspecified atom stereocenters. The number of likely N-dealkylation sites (N-methyl/N-ethyl adjacent to an activating group) is 1. The normalized spacial score (nSPS) is 14.9. The molecular weight excluding hydrogens is 432 g/mol. The second kappa shape index (κ2) is 9.52. The molecule has 9 nitrogen and oxygen atoms in total. The average Bonchev–Trinajstić information content (AvgIpc) is 2.75. The van der Waals surface area contributed by atoms with Gasteiger partial charge in [0, 0.05) is 43.8 Å². The van der Waals surface area contributed by atoms with Gasteiger partial charge in [-0.3, -0.25) is 14.6 Å². The Bertz CT molecular complexity index is 1030. The first-order chi connectivity index (χ1) is 14.3. The number of carbonyl (C=O) groups excluding carboxylic acids is 2. The lowest BCUT2D eigenvalue weighted by Gasteiger charge is -2.26. The zero-order valence-corrected chi connectivity index (χ0v) is 17.8. The number of ether oxygens (including phenoxy) is 1. The van der Waals surface area contributed by atoms with E-state index in [4.69, 9.17) is 16.3 Å². The van der Waals surface area contributed by atoms with Gasteiger partial charge in [-0.1, -0.05) is 11.6 Å². The van der Waals surface area contributed by atoms with Gasteiger partial charge in [-0.05, 0) is 30.3 Å². The lowest BCUT2D eigenvalue weighted by atomic mass is 10.2. The van der Waals surface area contributed by atoms with E-state index in [2.05, 4.69) is 10.3 Å². The SMILES string of the molecule is CN(CC(=O)Nc1ccc(Cl)c(S(=O)(=O)N2CCOCC2)c1)C(=O)c1ccncc1. The average molecular weight is 453 g/mol. The summed E-state index contributed by atoms with van der Waals surface area (Å²) < 4.78 is 32.3. The van der Waals surface area contributed by atoms with Crippen LogP contribution in [0.15, 0.2) is 47.6 Å². The summed E-state index contributed by atoms with van der Waals surface area (Å²) in [5, 5.41) is 2.67. The molecule has 0 radical (unpaired) electrons. The fraction of sp³-hybridized carbons (Fsp3) is 0.316. The number of carbonyl (C=O) groups is 2. The monoisotopic (exact) mass is 452 g/mol. The Hall–Kier alpha value is -2.53. The van der Waals surface area contributed by atoms with Crippen molar-refractivity contribution in [1.82, 2.24) is 14.2 Å². The van der Waals surface area contributed by atoms with Gasteiger partial charge in [-0.15, -0.1) is 0 Å². The molecule has 1 aliphatic rings. The number of nitrogens with one attached hydrogen (secondary N) is 1. The Morgan fingerprint density at radius 1 is 1.20 bits per heavy atom. The first-order valence-electron chi connectivity index (χ1n) is 9.12. The van der Waals surface area contributed by atoms with Crippen LogP contribution in [-0.2, 0) is 19.6 Å². The van der Waals surface area contributed by atoms with Crippen LogP contribution >= 0.6 is 11.6 Å². The van der Waals surface area contributed by atoms with Gasteiger partial charge in [0.25, 0.3) is 5.91 Å². The molecule has 160 valence electrons. The van der Waals surface area contributed by atoms with Gasteiger partial charge in [0.2, 0.25) is 15.9 Å². The van der Waals surface area contributed by atoms with Crippen molar-refractivity contribution in [3.05, 3.63) is 53.3 Å². The third-order valence-corrected chi connectivity index (χ3v) is 6.84. The number of morpholine rings is 1. The highest BCUT2D eigenvalue weighted by molar-refractivity contribution is 7.89. The van der Waals surface area contributed by atoms with E-state index in [0.29, 0.717) is 18.8 Å². The second-order valence-corrected chi connectivity index (χ2v) is 8.92. The van der Waals surface area contributed by atoms with Crippen molar-refractivity contribution in [2.24, 2.45) is 0 Å². The van der Waals surface area contributed by atoms with Gasteiger partial charge in [0.05, 0.1) is 24.8 Å². The fourth-order valence-corrected chi connectivity index (χ4v) is 4.82. The molecule has 1 aromatic carbocycles. The van der Waals surface area contributed by atoms with Crippen LogP contribution in [0.4, 0.5) is 5.69 Å². The highest BCUT2D eigenvalue weighted by Gasteiger charge is 2.28. The summed E-state index contributed by atoms with van der Waals surface area (Å²) in [4.78, 5) is 29.7. The predicted molar refractivity (Wildman–Crippen MR) is 111 cm³/mol. The van der Waals surface area contributed by atoms with Gasteiger partial charge in [-0.2, -0.15) is 4.31 Å². The number of pyridine rings is 1. The third-order valence-electron chi connectivity index (χ3n) is 4.46. The molecule has 30 heavy (non-hydrogen) atoms. The Labute approximate surface area is 179 Å². The molecule has 0 bridgehead atoms. The van der Waals surface area contributed by atoms with Gasteiger partial charge < -0.3 is 15.0 Å². The van der Waals surface area contributed by atoms with Crippen LogP contribution in [0.2, 0.25) is 5.02 Å². The number of anilines is 1. The highest BCUT2D eigenvalue weighted by Crippen LogP contribution is 2.28. The van der Waals surface area contributed by atoms with E-state index < -0.39 is 15.9 Å². The summed E-state index contributed by atoms with van der Waals surface area (Å²) in [7, 11) is -2.33. The van der Waals surface area contributed by atoms with E-state index in [0.717, 1.165) is 0 Å². The molecular formula is C19H21ClN4O5S. The molecule has 11 heteroatoms. The molecule has 0 saturated carbocycles. The van der Waals surface area contributed by atoms with Crippen molar-refractivity contribution in [1.29, 1.82) is 0 Å². The molecule has 1 N–H and O–H groups in total. The van der Waals surface area contributed by atoms with Crippen molar-refractivity contribution >= 4 is 39.1 Å². The summed E-state index contributed by atoms with van der Waals surface area (Å²) in [5.74, 6) is -0.809. The van der Waals surface area contributed by atoms with E-state index in [9.17, 15) is 18.0 Å². The summed E-state index contributed by atoms with van der Waals surface area (Å²) >= 11 is 6.12. The van der Waals surface area contributed by atoms with Gasteiger partial charge in [-0.25, -0.2) is 8.42 Å². The summed E-state index contributed by atoms with van der Waals surface area (Å²) in [6.45, 7) is 0.875. The van der Waals surface area contributed by atoms with Crippen molar-refractivity contribution in [3.8, 4) is 0 Å². The molecule has 2 aromatic rings. The number of benzene rings is 1. The van der Waals surface area contributed by atoms with E-state index in [-0.39, 0.29) is 41.1 Å². The minimum atomic E-state index is -3.82. The Morgan fingerprint density at radius 2 is 1.87 bits per heavy atom. The van der Waals surface area contributed by atoms with Crippen LogP contribution in [0.5, 0.6) is 0 Å². The van der Waals surface area contributed by atoms with E-state index in [1.54, 1.807) is 12.1 Å². The third kappa shape index (κ3) is 5.14. The zero-order valence-electron chi connectivity index (χ0n) is 16.2. The van der Waals surface area contributed by atoms with Crippen LogP contribution < -0.4 is 5.32 Å². The minimum Gasteiger partial charge on any atom is -0.379 e. The van der Waals surface area contributed by atoms with Gasteiger partial charge in [0.15, 0.2) is 0 Å². The zero-order chi connectivity index (χ0) is 21.7. The van der Waals surface area contributed by atoms with Gasteiger partial charge >= 0.3 is 0 Å². The molecule has 1 fully saturated rings. The molecule has 3 rings (SSSR count). The van der Waals surface area contributed by atoms with Crippen molar-refractivity contribution < 1.29 is 22.7 Å². The molecule has 2 amide bonds. The van der Waals surface area contributed by atoms with Crippen molar-refractivity contribution in [2.75, 3.05) is 45.2 Å². The Balaban J connectivity index is 1.70. The van der Waals surface area contributed by atoms with Crippen molar-refractivity contribution in [3.63, 3.8) is 0 Å². The lowest BCUT2D eigenvalue weighted by Crippen LogP contribution is -2.40. The van der Waals surface area contributed by atoms with Gasteiger partial charge in [0.1, 0.15) is 4.90 Å². The molecule has 0 spiro atoms. The summed E-state index contributed by atoms with van der Waals surface area (Å²) in [5.41, 5.74) is 0.673. The first kappa shape index (κ1) is 22.2. The summed E-state index contributed by atoms with van der Waals surface area (Å²) in [6.07, 6.45) is 2.98. The largest absolute Gasteiger partial charge is 0.379 e. The van der Waals surface area contributed by atoms with Crippen LogP contribution in [0.1, 0.15) is 10.4 Å². The summed E-state index contributed by atoms with van der Waals surface area (Å²) in [6, 6.07) is 7.34. The number of halogens is 1. The highest BCUT2D eigenvalue weighted by atomic mass is 35.5. The quantitative estimate of drug-likeness (QED) is 0.710. The molecule has 0 atom stereocenters. The maximum Gasteiger partial charge on any atom is 0.254 e. The van der Waals surface area contributed by atoms with E-state index >= 15 is 0 Å². The number of hydrogen-bond donors (Lipinski definition) is 1. The number of rotatable bonds is 6. The number of hydrogen-bond acceptors (Lipinski definition) is 6. The van der Waals surface area contributed by atoms with Crippen LogP contribution in [0.3, 0.4) is 0 Å². The number of nitrogens with zero attached hydrogens (tertiary/aromatic N) is 3. The van der Waals surface area contributed by atoms with Crippen LogP contribution in [0, 0.1) is 0 Å². The van der Waals surface area contributed by atoms with E-state index in [1.165, 1.54) is 46.8 Å². The maximum atomic E-state index is 12.9. The Morgan fingerprint density at radius 3 is 2.53 bits per heavy atom. The number of aromatic nitrogens is 1. The van der Waals surface area contributed by atoms with E-state index in [1.807, 2.05) is 0 Å². The molecule has 1 saturated heterocycles. The minimum absolute atomic E-state index is 0.0597. The lowest BCUT2D eigenvalue weighted by molar-refractivity contribution is -0.116. The molecule has 1 aliphatic heterocycles. The molecule has 2 heterocycles. The second-order valence-electron chi connectivity index (χ2n) is 6.61. The predicted octanol–water partition coefficient (Wildman–Crippen LogP) is 1.47. The standard InChI is InChI=1S/C19H21ClN4O5S/c1-23(19(26)14-4-6-21-7-5-14)13-18(25)22-15-2-3-16(20)17(12-15)30(27,28)24-8-10-29-11-9-24/h2-7,12H,8-11,13H2,1H3,(H,22,25). The molecule has 1 aromatic heterocycles. The topological polar surface area (TPSA) is 109 Å². The van der Waals surface area contributed by atoms with Crippen molar-refractivity contribution in [2.45, 2.75) is 4.90 Å². The smallest absolute Gasteiger partial charge is 0.254 e. The number of amides is 2. The maximum absolute atomic E-state index is 12.9. The van der Waals surface area contributed by atoms with Crippen LogP contribution in [0.25, 0.3) is 0 Å². The first-order valence-corrected chi connectivity index (χ1v) is 10.9. The number of sulfonamides is 1. The molecule has 0 aliphatic carbocycles. The van der Waals surface area contributed by atoms with Crippen LogP contribution in [-0.4, -0.2) is 74.3 Å². The fourth-order valence-electron chi connectivity index (χ4n) is 2.91.